The number of fused-ring (bicyclic) bond motifs is 2. The maximum atomic E-state index is 13.9. The van der Waals surface area contributed by atoms with Gasteiger partial charge in [-0.3, -0.25) is 4.79 Å². The molecule has 202 valence electrons. The standard InChI is InChI=1S/C32H33BrN2O3S/c1-4-6-7-20-9-11-21(12-10-20)27-18-25(24-17-22(33)13-15-26(24)34-27)30(36)35-31-29(32(37)38-5-2)23-14-8-19(3)16-28(23)39-31/h9-13,15,17-19H,4-8,14,16H2,1-3H3,(H,35,36)/t19-/m0/s1. The molecule has 2 heterocycles. The van der Waals surface area contributed by atoms with Crippen LogP contribution in [0.1, 0.15) is 76.8 Å². The van der Waals surface area contributed by atoms with E-state index in [-0.39, 0.29) is 18.5 Å². The number of nitrogens with one attached hydrogen (secondary N) is 1. The normalized spacial score (nSPS) is 14.7. The Labute approximate surface area is 242 Å². The Morgan fingerprint density at radius 3 is 2.67 bits per heavy atom. The number of nitrogens with zero attached hydrogens (tertiary/aromatic N) is 1. The van der Waals surface area contributed by atoms with Gasteiger partial charge in [0.2, 0.25) is 0 Å². The topological polar surface area (TPSA) is 68.3 Å². The molecule has 5 rings (SSSR count). The lowest BCUT2D eigenvalue weighted by molar-refractivity contribution is 0.0526. The third kappa shape index (κ3) is 5.94. The average Bonchev–Trinajstić information content (AvgIpc) is 3.28. The predicted molar refractivity (Wildman–Crippen MR) is 163 cm³/mol. The van der Waals surface area contributed by atoms with Crippen molar-refractivity contribution >= 4 is 55.0 Å². The molecule has 0 spiro atoms. The number of aromatic nitrogens is 1. The van der Waals surface area contributed by atoms with Crippen LogP contribution >= 0.6 is 27.3 Å². The molecule has 0 unspecified atom stereocenters. The zero-order valence-electron chi connectivity index (χ0n) is 22.6. The average molecular weight is 606 g/mol. The smallest absolute Gasteiger partial charge is 0.341 e. The second kappa shape index (κ2) is 12.0. The fraction of sp³-hybridized carbons (Fsp3) is 0.344. The molecule has 2 aromatic heterocycles. The molecule has 0 aliphatic heterocycles. The lowest BCUT2D eigenvalue weighted by Crippen LogP contribution is -2.17. The number of carbonyl (C=O) groups is 2. The number of unbranched alkanes of at least 4 members (excludes halogenated alkanes) is 1. The first-order valence-electron chi connectivity index (χ1n) is 13.7. The van der Waals surface area contributed by atoms with Crippen molar-refractivity contribution in [1.29, 1.82) is 0 Å². The number of esters is 1. The Morgan fingerprint density at radius 1 is 1.13 bits per heavy atom. The van der Waals surface area contributed by atoms with Crippen LogP contribution in [0.3, 0.4) is 0 Å². The maximum absolute atomic E-state index is 13.9. The highest BCUT2D eigenvalue weighted by Gasteiger charge is 2.29. The van der Waals surface area contributed by atoms with Gasteiger partial charge in [-0.1, -0.05) is 60.5 Å². The van der Waals surface area contributed by atoms with Crippen LogP contribution < -0.4 is 5.32 Å². The minimum absolute atomic E-state index is 0.265. The summed E-state index contributed by atoms with van der Waals surface area (Å²) >= 11 is 5.05. The van der Waals surface area contributed by atoms with Crippen LogP contribution in [-0.2, 0) is 24.0 Å². The number of benzene rings is 2. The summed E-state index contributed by atoms with van der Waals surface area (Å²) in [4.78, 5) is 33.0. The summed E-state index contributed by atoms with van der Waals surface area (Å²) < 4.78 is 6.27. The number of ether oxygens (including phenoxy) is 1. The SMILES string of the molecule is CCCCc1ccc(-c2cc(C(=O)Nc3sc4c(c3C(=O)OCC)CC[C@H](C)C4)c3cc(Br)ccc3n2)cc1. The number of amides is 1. The number of anilines is 1. The van der Waals surface area contributed by atoms with Crippen molar-refractivity contribution in [2.45, 2.75) is 59.3 Å². The van der Waals surface area contributed by atoms with Gasteiger partial charge in [0.25, 0.3) is 5.91 Å². The Kier molecular flexibility index (Phi) is 8.48. The van der Waals surface area contributed by atoms with E-state index in [1.807, 2.05) is 24.3 Å². The van der Waals surface area contributed by atoms with Gasteiger partial charge in [0, 0.05) is 20.3 Å². The summed E-state index contributed by atoms with van der Waals surface area (Å²) in [5, 5.41) is 4.41. The van der Waals surface area contributed by atoms with E-state index >= 15 is 0 Å². The Bertz CT molecular complexity index is 1530. The first-order chi connectivity index (χ1) is 18.9. The van der Waals surface area contributed by atoms with Crippen molar-refractivity contribution in [3.8, 4) is 11.3 Å². The second-order valence-electron chi connectivity index (χ2n) is 10.2. The summed E-state index contributed by atoms with van der Waals surface area (Å²) in [6.45, 7) is 6.51. The molecule has 4 aromatic rings. The number of carbonyl (C=O) groups excluding carboxylic acids is 2. The number of hydrogen-bond acceptors (Lipinski definition) is 5. The van der Waals surface area contributed by atoms with Crippen LogP contribution in [0, 0.1) is 5.92 Å². The maximum Gasteiger partial charge on any atom is 0.341 e. The summed E-state index contributed by atoms with van der Waals surface area (Å²) in [6.07, 6.45) is 6.12. The molecular weight excluding hydrogens is 572 g/mol. The van der Waals surface area contributed by atoms with E-state index in [0.717, 1.165) is 70.7 Å². The Hall–Kier alpha value is -3.03. The minimum atomic E-state index is -0.369. The van der Waals surface area contributed by atoms with Gasteiger partial charge < -0.3 is 10.1 Å². The molecule has 7 heteroatoms. The van der Waals surface area contributed by atoms with Gasteiger partial charge in [0.15, 0.2) is 0 Å². The van der Waals surface area contributed by atoms with Gasteiger partial charge in [0.1, 0.15) is 5.00 Å². The van der Waals surface area contributed by atoms with E-state index in [0.29, 0.717) is 22.0 Å². The summed E-state index contributed by atoms with van der Waals surface area (Å²) in [6, 6.07) is 16.1. The number of pyridine rings is 1. The van der Waals surface area contributed by atoms with Gasteiger partial charge in [-0.2, -0.15) is 0 Å². The molecule has 1 aliphatic carbocycles. The lowest BCUT2D eigenvalue weighted by Gasteiger charge is -2.18. The van der Waals surface area contributed by atoms with Crippen LogP contribution in [0.4, 0.5) is 5.00 Å². The molecule has 0 saturated carbocycles. The number of hydrogen-bond donors (Lipinski definition) is 1. The molecule has 0 saturated heterocycles. The first-order valence-corrected chi connectivity index (χ1v) is 15.3. The molecule has 39 heavy (non-hydrogen) atoms. The van der Waals surface area contributed by atoms with E-state index < -0.39 is 0 Å². The zero-order valence-corrected chi connectivity index (χ0v) is 25.0. The van der Waals surface area contributed by atoms with Crippen LogP contribution in [0.2, 0.25) is 0 Å². The molecule has 1 amide bonds. The van der Waals surface area contributed by atoms with E-state index in [4.69, 9.17) is 9.72 Å². The summed E-state index contributed by atoms with van der Waals surface area (Å²) in [5.74, 6) is -0.0864. The number of aryl methyl sites for hydroxylation is 1. The molecule has 5 nitrogen and oxygen atoms in total. The minimum Gasteiger partial charge on any atom is -0.462 e. The van der Waals surface area contributed by atoms with E-state index in [1.165, 1.54) is 21.8 Å². The second-order valence-corrected chi connectivity index (χ2v) is 12.3. The van der Waals surface area contributed by atoms with Crippen LogP contribution in [0.5, 0.6) is 0 Å². The van der Waals surface area contributed by atoms with Gasteiger partial charge in [-0.15, -0.1) is 11.3 Å². The molecule has 0 radical (unpaired) electrons. The highest BCUT2D eigenvalue weighted by molar-refractivity contribution is 9.10. The third-order valence-electron chi connectivity index (χ3n) is 7.30. The molecule has 1 aliphatic rings. The van der Waals surface area contributed by atoms with Gasteiger partial charge >= 0.3 is 5.97 Å². The van der Waals surface area contributed by atoms with Crippen molar-refractivity contribution in [1.82, 2.24) is 4.98 Å². The number of thiophene rings is 1. The molecule has 0 fully saturated rings. The molecular formula is C32H33BrN2O3S. The highest BCUT2D eigenvalue weighted by Crippen LogP contribution is 2.40. The van der Waals surface area contributed by atoms with Crippen molar-refractivity contribution in [3.63, 3.8) is 0 Å². The lowest BCUT2D eigenvalue weighted by atomic mass is 9.88. The Balaban J connectivity index is 1.55. The molecule has 1 atom stereocenters. The zero-order chi connectivity index (χ0) is 27.5. The van der Waals surface area contributed by atoms with Gasteiger partial charge in [-0.05, 0) is 80.3 Å². The fourth-order valence-corrected chi connectivity index (χ4v) is 6.94. The quantitative estimate of drug-likeness (QED) is 0.204. The molecule has 1 N–H and O–H groups in total. The highest BCUT2D eigenvalue weighted by atomic mass is 79.9. The van der Waals surface area contributed by atoms with Crippen molar-refractivity contribution in [2.24, 2.45) is 5.92 Å². The fourth-order valence-electron chi connectivity index (χ4n) is 5.19. The molecule has 2 aromatic carbocycles. The largest absolute Gasteiger partial charge is 0.462 e. The first kappa shape index (κ1) is 27.5. The van der Waals surface area contributed by atoms with E-state index in [2.05, 4.69) is 59.4 Å². The predicted octanol–water partition coefficient (Wildman–Crippen LogP) is 8.62. The Morgan fingerprint density at radius 2 is 1.92 bits per heavy atom. The van der Waals surface area contributed by atoms with Crippen molar-refractivity contribution < 1.29 is 14.3 Å². The van der Waals surface area contributed by atoms with Crippen molar-refractivity contribution in [3.05, 3.63) is 80.1 Å². The van der Waals surface area contributed by atoms with Gasteiger partial charge in [-0.25, -0.2) is 9.78 Å². The van der Waals surface area contributed by atoms with Crippen LogP contribution in [-0.4, -0.2) is 23.5 Å². The number of halogens is 1. The number of rotatable bonds is 8. The third-order valence-corrected chi connectivity index (χ3v) is 8.97. The monoisotopic (exact) mass is 604 g/mol. The van der Waals surface area contributed by atoms with Crippen LogP contribution in [0.15, 0.2) is 53.0 Å². The van der Waals surface area contributed by atoms with Gasteiger partial charge in [0.05, 0.1) is 28.9 Å². The summed E-state index contributed by atoms with van der Waals surface area (Å²) in [5.41, 5.74) is 5.79. The summed E-state index contributed by atoms with van der Waals surface area (Å²) in [7, 11) is 0. The van der Waals surface area contributed by atoms with Crippen molar-refractivity contribution in [2.75, 3.05) is 11.9 Å². The van der Waals surface area contributed by atoms with E-state index in [9.17, 15) is 9.59 Å². The molecule has 0 bridgehead atoms. The van der Waals surface area contributed by atoms with Crippen LogP contribution in [0.25, 0.3) is 22.2 Å². The van der Waals surface area contributed by atoms with E-state index in [1.54, 1.807) is 6.92 Å².